The van der Waals surface area contributed by atoms with Crippen LogP contribution in [0.25, 0.3) is 0 Å². The Hall–Kier alpha value is -2.32. The predicted octanol–water partition coefficient (Wildman–Crippen LogP) is 2.49. The Labute approximate surface area is 190 Å². The monoisotopic (exact) mass is 453 g/mol. The zero-order valence-electron chi connectivity index (χ0n) is 19.9. The molecular formula is C23H39N3O6. The van der Waals surface area contributed by atoms with Crippen LogP contribution in [0.5, 0.6) is 0 Å². The van der Waals surface area contributed by atoms with Crippen molar-refractivity contribution < 1.29 is 29.0 Å². The number of carboxylic acid groups (broad SMARTS) is 1. The van der Waals surface area contributed by atoms with E-state index >= 15 is 0 Å². The van der Waals surface area contributed by atoms with Crippen LogP contribution >= 0.6 is 0 Å². The number of hydrogen-bond donors (Lipinski definition) is 2. The lowest BCUT2D eigenvalue weighted by atomic mass is 9.91. The van der Waals surface area contributed by atoms with E-state index in [2.05, 4.69) is 5.32 Å². The van der Waals surface area contributed by atoms with Gasteiger partial charge in [0, 0.05) is 39.1 Å². The number of rotatable bonds is 7. The topological polar surface area (TPSA) is 116 Å². The summed E-state index contributed by atoms with van der Waals surface area (Å²) in [5.41, 5.74) is -0.502. The molecule has 0 radical (unpaired) electrons. The highest BCUT2D eigenvalue weighted by Gasteiger charge is 2.30. The van der Waals surface area contributed by atoms with Gasteiger partial charge in [-0.25, -0.2) is 4.79 Å². The van der Waals surface area contributed by atoms with Gasteiger partial charge in [-0.15, -0.1) is 0 Å². The predicted molar refractivity (Wildman–Crippen MR) is 119 cm³/mol. The van der Waals surface area contributed by atoms with Crippen molar-refractivity contribution in [2.45, 2.75) is 71.8 Å². The van der Waals surface area contributed by atoms with E-state index in [4.69, 9.17) is 9.84 Å². The number of hydrogen-bond acceptors (Lipinski definition) is 5. The largest absolute Gasteiger partial charge is 0.481 e. The number of aliphatic carboxylic acids is 1. The van der Waals surface area contributed by atoms with Crippen LogP contribution in [0.1, 0.15) is 66.2 Å². The first-order valence-corrected chi connectivity index (χ1v) is 11.7. The van der Waals surface area contributed by atoms with Crippen LogP contribution in [-0.4, -0.2) is 77.1 Å². The third-order valence-corrected chi connectivity index (χ3v) is 6.18. The summed E-state index contributed by atoms with van der Waals surface area (Å²) in [7, 11) is 0. The summed E-state index contributed by atoms with van der Waals surface area (Å²) in [6.45, 7) is 9.56. The lowest BCUT2D eigenvalue weighted by molar-refractivity contribution is -0.141. The van der Waals surface area contributed by atoms with Crippen molar-refractivity contribution >= 4 is 23.9 Å². The minimum atomic E-state index is -0.942. The molecule has 2 rings (SSSR count). The van der Waals surface area contributed by atoms with Gasteiger partial charge in [0.2, 0.25) is 11.8 Å². The molecule has 0 aromatic carbocycles. The molecule has 2 aliphatic heterocycles. The quantitative estimate of drug-likeness (QED) is 0.612. The number of nitrogens with one attached hydrogen (secondary N) is 1. The number of piperidine rings is 2. The Bertz CT molecular complexity index is 682. The molecule has 0 aromatic heterocycles. The van der Waals surface area contributed by atoms with E-state index in [0.29, 0.717) is 44.9 Å². The van der Waals surface area contributed by atoms with E-state index in [1.54, 1.807) is 16.7 Å². The second-order valence-corrected chi connectivity index (χ2v) is 10.1. The molecule has 0 spiro atoms. The SMILES string of the molecule is CC(CNC(=O)[C@@H]1CCCN(C(=O)CCC2CCN(C(=O)OC(C)(C)C)CC2)C1)C(=O)O. The highest BCUT2D eigenvalue weighted by atomic mass is 16.6. The maximum atomic E-state index is 12.7. The number of carbonyl (C=O) groups excluding carboxylic acids is 3. The van der Waals surface area contributed by atoms with Crippen LogP contribution in [0.3, 0.4) is 0 Å². The fraction of sp³-hybridized carbons (Fsp3) is 0.826. The lowest BCUT2D eigenvalue weighted by Crippen LogP contribution is -2.46. The number of amides is 3. The van der Waals surface area contributed by atoms with Crippen LogP contribution in [-0.2, 0) is 19.1 Å². The summed E-state index contributed by atoms with van der Waals surface area (Å²) in [5.74, 6) is -1.57. The minimum Gasteiger partial charge on any atom is -0.481 e. The third kappa shape index (κ3) is 8.31. The van der Waals surface area contributed by atoms with E-state index in [0.717, 1.165) is 25.7 Å². The molecule has 2 N–H and O–H groups in total. The first kappa shape index (κ1) is 25.9. The van der Waals surface area contributed by atoms with Crippen molar-refractivity contribution in [3.63, 3.8) is 0 Å². The standard InChI is InChI=1S/C23H39N3O6/c1-16(21(29)30)14-24-20(28)18-6-5-11-26(15-18)19(27)8-7-17-9-12-25(13-10-17)22(31)32-23(2,3)4/h16-18H,5-15H2,1-4H3,(H,24,28)(H,29,30)/t16?,18-/m1/s1. The van der Waals surface area contributed by atoms with E-state index in [9.17, 15) is 19.2 Å². The highest BCUT2D eigenvalue weighted by molar-refractivity contribution is 5.82. The summed E-state index contributed by atoms with van der Waals surface area (Å²) in [5, 5.41) is 11.6. The maximum Gasteiger partial charge on any atom is 0.410 e. The average Bonchev–Trinajstić information content (AvgIpc) is 2.74. The van der Waals surface area contributed by atoms with Gasteiger partial charge in [0.1, 0.15) is 5.60 Å². The van der Waals surface area contributed by atoms with Gasteiger partial charge in [-0.3, -0.25) is 14.4 Å². The van der Waals surface area contributed by atoms with Crippen LogP contribution in [0.2, 0.25) is 0 Å². The molecule has 9 heteroatoms. The zero-order valence-corrected chi connectivity index (χ0v) is 19.9. The highest BCUT2D eigenvalue weighted by Crippen LogP contribution is 2.25. The van der Waals surface area contributed by atoms with Crippen LogP contribution in [0.4, 0.5) is 4.79 Å². The number of ether oxygens (including phenoxy) is 1. The fourth-order valence-electron chi connectivity index (χ4n) is 4.12. The molecule has 9 nitrogen and oxygen atoms in total. The summed E-state index contributed by atoms with van der Waals surface area (Å²) in [6, 6.07) is 0. The Morgan fingerprint density at radius 1 is 1.06 bits per heavy atom. The Kier molecular flexibility index (Phi) is 9.33. The van der Waals surface area contributed by atoms with E-state index < -0.39 is 17.5 Å². The maximum absolute atomic E-state index is 12.7. The van der Waals surface area contributed by atoms with Crippen molar-refractivity contribution in [2.24, 2.45) is 17.8 Å². The molecule has 0 saturated carbocycles. The van der Waals surface area contributed by atoms with Crippen LogP contribution < -0.4 is 5.32 Å². The smallest absolute Gasteiger partial charge is 0.410 e. The average molecular weight is 454 g/mol. The van der Waals surface area contributed by atoms with E-state index in [-0.39, 0.29) is 30.4 Å². The number of carboxylic acids is 1. The molecule has 32 heavy (non-hydrogen) atoms. The number of carbonyl (C=O) groups is 4. The van der Waals surface area contributed by atoms with Gasteiger partial charge >= 0.3 is 12.1 Å². The van der Waals surface area contributed by atoms with Crippen LogP contribution in [0.15, 0.2) is 0 Å². The second kappa shape index (κ2) is 11.5. The molecular weight excluding hydrogens is 414 g/mol. The molecule has 2 atom stereocenters. The molecule has 0 aliphatic carbocycles. The molecule has 0 aromatic rings. The Morgan fingerprint density at radius 3 is 2.31 bits per heavy atom. The second-order valence-electron chi connectivity index (χ2n) is 10.1. The number of nitrogens with zero attached hydrogens (tertiary/aromatic N) is 2. The molecule has 0 bridgehead atoms. The normalized spacial score (nSPS) is 21.1. The van der Waals surface area contributed by atoms with Gasteiger partial charge in [-0.2, -0.15) is 0 Å². The van der Waals surface area contributed by atoms with E-state index in [1.165, 1.54) is 0 Å². The molecule has 3 amide bonds. The van der Waals surface area contributed by atoms with Crippen molar-refractivity contribution in [1.29, 1.82) is 0 Å². The van der Waals surface area contributed by atoms with Gasteiger partial charge in [0.05, 0.1) is 11.8 Å². The summed E-state index contributed by atoms with van der Waals surface area (Å²) in [6.07, 6.45) is 4.15. The first-order chi connectivity index (χ1) is 15.0. The zero-order chi connectivity index (χ0) is 23.9. The van der Waals surface area contributed by atoms with Crippen molar-refractivity contribution in [2.75, 3.05) is 32.7 Å². The van der Waals surface area contributed by atoms with Gasteiger partial charge in [-0.05, 0) is 58.8 Å². The Morgan fingerprint density at radius 2 is 1.72 bits per heavy atom. The van der Waals surface area contributed by atoms with Crippen molar-refractivity contribution in [3.05, 3.63) is 0 Å². The Balaban J connectivity index is 1.71. The van der Waals surface area contributed by atoms with Gasteiger partial charge < -0.3 is 25.0 Å². The molecule has 1 unspecified atom stereocenters. The van der Waals surface area contributed by atoms with E-state index in [1.807, 2.05) is 20.8 Å². The minimum absolute atomic E-state index is 0.0657. The van der Waals surface area contributed by atoms with Crippen molar-refractivity contribution in [3.8, 4) is 0 Å². The summed E-state index contributed by atoms with van der Waals surface area (Å²) >= 11 is 0. The van der Waals surface area contributed by atoms with Gasteiger partial charge in [0.25, 0.3) is 0 Å². The molecule has 2 heterocycles. The lowest BCUT2D eigenvalue weighted by Gasteiger charge is -2.34. The molecule has 182 valence electrons. The molecule has 2 fully saturated rings. The summed E-state index contributed by atoms with van der Waals surface area (Å²) < 4.78 is 5.43. The molecule has 2 aliphatic rings. The summed E-state index contributed by atoms with van der Waals surface area (Å²) in [4.78, 5) is 51.7. The molecule has 2 saturated heterocycles. The van der Waals surface area contributed by atoms with Gasteiger partial charge in [-0.1, -0.05) is 6.92 Å². The third-order valence-electron chi connectivity index (χ3n) is 6.18. The van der Waals surface area contributed by atoms with Gasteiger partial charge in [0.15, 0.2) is 0 Å². The first-order valence-electron chi connectivity index (χ1n) is 11.7. The van der Waals surface area contributed by atoms with Crippen LogP contribution in [0, 0.1) is 17.8 Å². The van der Waals surface area contributed by atoms with Crippen molar-refractivity contribution in [1.82, 2.24) is 15.1 Å². The fourth-order valence-corrected chi connectivity index (χ4v) is 4.12. The number of likely N-dealkylation sites (tertiary alicyclic amines) is 2.